The van der Waals surface area contributed by atoms with Crippen molar-refractivity contribution in [2.45, 2.75) is 38.5 Å². The van der Waals surface area contributed by atoms with Crippen LogP contribution in [0.3, 0.4) is 0 Å². The summed E-state index contributed by atoms with van der Waals surface area (Å²) < 4.78 is 11.0. The normalized spacial score (nSPS) is 15.9. The van der Waals surface area contributed by atoms with Gasteiger partial charge in [0.1, 0.15) is 6.61 Å². The highest BCUT2D eigenvalue weighted by molar-refractivity contribution is 5.94. The summed E-state index contributed by atoms with van der Waals surface area (Å²) in [6.07, 6.45) is 0.328. The molecule has 0 saturated carbocycles. The van der Waals surface area contributed by atoms with Gasteiger partial charge in [0.15, 0.2) is 5.82 Å². The number of nitrogens with one attached hydrogen (secondary N) is 1. The number of benzene rings is 1. The first-order chi connectivity index (χ1) is 14.0. The minimum Gasteiger partial charge on any atom is -0.465 e. The first kappa shape index (κ1) is 20.7. The van der Waals surface area contributed by atoms with E-state index in [-0.39, 0.29) is 31.3 Å². The number of likely N-dealkylation sites (tertiary alicyclic amines) is 1. The van der Waals surface area contributed by atoms with E-state index in [0.29, 0.717) is 48.8 Å². The number of hydrogen-bond acceptors (Lipinski definition) is 7. The Morgan fingerprint density at radius 1 is 1.31 bits per heavy atom. The maximum absolute atomic E-state index is 12.0. The second kappa shape index (κ2) is 9.48. The molecule has 2 amide bonds. The van der Waals surface area contributed by atoms with Crippen LogP contribution in [0.2, 0.25) is 0 Å². The molecule has 1 aromatic heterocycles. The lowest BCUT2D eigenvalue weighted by molar-refractivity contribution is -0.00295. The van der Waals surface area contributed by atoms with Crippen LogP contribution in [0.5, 0.6) is 0 Å². The smallest absolute Gasteiger partial charge is 0.407 e. The lowest BCUT2D eigenvalue weighted by Gasteiger charge is -2.29. The second-order valence-electron chi connectivity index (χ2n) is 6.93. The second-order valence-corrected chi connectivity index (χ2v) is 6.93. The third-order valence-corrected chi connectivity index (χ3v) is 4.67. The molecule has 10 nitrogen and oxygen atoms in total. The van der Waals surface area contributed by atoms with Crippen molar-refractivity contribution in [2.75, 3.05) is 19.7 Å². The summed E-state index contributed by atoms with van der Waals surface area (Å²) in [6.45, 7) is 2.67. The number of amides is 2. The van der Waals surface area contributed by atoms with Gasteiger partial charge < -0.3 is 29.7 Å². The van der Waals surface area contributed by atoms with Gasteiger partial charge in [0.25, 0.3) is 11.8 Å². The molecule has 1 saturated heterocycles. The highest BCUT2D eigenvalue weighted by Gasteiger charge is 2.23. The Labute approximate surface area is 167 Å². The van der Waals surface area contributed by atoms with Crippen molar-refractivity contribution >= 4 is 12.0 Å². The Hall–Kier alpha value is -2.98. The number of aliphatic hydroxyl groups is 1. The van der Waals surface area contributed by atoms with E-state index in [2.05, 4.69) is 15.5 Å². The zero-order valence-corrected chi connectivity index (χ0v) is 16.1. The number of aliphatic hydroxyl groups excluding tert-OH is 1. The van der Waals surface area contributed by atoms with Crippen LogP contribution in [0.4, 0.5) is 4.79 Å². The van der Waals surface area contributed by atoms with Crippen LogP contribution in [0.15, 0.2) is 28.8 Å². The standard InChI is InChI=1S/C19H24N4O6/c1-12(10-24)20-17(25)13-2-4-14(5-3-13)18-21-16(22-29-18)11-28-15-6-8-23(9-7-15)19(26)27/h2-5,12,15,24H,6-11H2,1H3,(H,20,25)(H,26,27)/t12-/m0/s1. The van der Waals surface area contributed by atoms with Crippen molar-refractivity contribution in [3.8, 4) is 11.5 Å². The number of carbonyl (C=O) groups excluding carboxylic acids is 1. The van der Waals surface area contributed by atoms with E-state index >= 15 is 0 Å². The lowest BCUT2D eigenvalue weighted by Crippen LogP contribution is -2.40. The van der Waals surface area contributed by atoms with Gasteiger partial charge >= 0.3 is 6.09 Å². The fourth-order valence-corrected chi connectivity index (χ4v) is 2.95. The quantitative estimate of drug-likeness (QED) is 0.631. The molecular weight excluding hydrogens is 380 g/mol. The van der Waals surface area contributed by atoms with Crippen LogP contribution in [0.1, 0.15) is 35.9 Å². The molecule has 3 N–H and O–H groups in total. The molecular formula is C19H24N4O6. The molecule has 3 rings (SSSR count). The first-order valence-corrected chi connectivity index (χ1v) is 9.40. The molecule has 29 heavy (non-hydrogen) atoms. The van der Waals surface area contributed by atoms with Crippen molar-refractivity contribution in [1.29, 1.82) is 0 Å². The van der Waals surface area contributed by atoms with Gasteiger partial charge in [-0.05, 0) is 44.0 Å². The fourth-order valence-electron chi connectivity index (χ4n) is 2.95. The molecule has 2 heterocycles. The van der Waals surface area contributed by atoms with Crippen LogP contribution >= 0.6 is 0 Å². The van der Waals surface area contributed by atoms with Crippen molar-refractivity contribution in [1.82, 2.24) is 20.4 Å². The van der Waals surface area contributed by atoms with Gasteiger partial charge in [0.2, 0.25) is 0 Å². The summed E-state index contributed by atoms with van der Waals surface area (Å²) in [7, 11) is 0. The molecule has 156 valence electrons. The summed E-state index contributed by atoms with van der Waals surface area (Å²) in [5.74, 6) is 0.450. The Morgan fingerprint density at radius 2 is 2.00 bits per heavy atom. The average Bonchev–Trinajstić information content (AvgIpc) is 3.21. The number of carboxylic acid groups (broad SMARTS) is 1. The van der Waals surface area contributed by atoms with E-state index in [9.17, 15) is 9.59 Å². The molecule has 10 heteroatoms. The van der Waals surface area contributed by atoms with Crippen LogP contribution < -0.4 is 5.32 Å². The van der Waals surface area contributed by atoms with E-state index in [1.54, 1.807) is 31.2 Å². The minimum absolute atomic E-state index is 0.0355. The van der Waals surface area contributed by atoms with Crippen LogP contribution in [0.25, 0.3) is 11.5 Å². The van der Waals surface area contributed by atoms with E-state index in [4.69, 9.17) is 19.5 Å². The van der Waals surface area contributed by atoms with Gasteiger partial charge in [-0.15, -0.1) is 0 Å². The maximum atomic E-state index is 12.0. The summed E-state index contributed by atoms with van der Waals surface area (Å²) >= 11 is 0. The molecule has 0 unspecified atom stereocenters. The highest BCUT2D eigenvalue weighted by atomic mass is 16.5. The highest BCUT2D eigenvalue weighted by Crippen LogP contribution is 2.19. The predicted molar refractivity (Wildman–Crippen MR) is 101 cm³/mol. The molecule has 0 spiro atoms. The fraction of sp³-hybridized carbons (Fsp3) is 0.474. The van der Waals surface area contributed by atoms with Crippen molar-refractivity contribution < 1.29 is 29.1 Å². The zero-order chi connectivity index (χ0) is 20.8. The minimum atomic E-state index is -0.905. The van der Waals surface area contributed by atoms with Crippen LogP contribution in [0, 0.1) is 0 Å². The summed E-state index contributed by atoms with van der Waals surface area (Å²) in [4.78, 5) is 28.6. The number of aromatic nitrogens is 2. The van der Waals surface area contributed by atoms with Gasteiger partial charge in [-0.1, -0.05) is 5.16 Å². The van der Waals surface area contributed by atoms with Crippen LogP contribution in [-0.4, -0.2) is 69.1 Å². The average molecular weight is 404 g/mol. The van der Waals surface area contributed by atoms with Gasteiger partial charge in [-0.25, -0.2) is 4.79 Å². The number of rotatable bonds is 7. The predicted octanol–water partition coefficient (Wildman–Crippen LogP) is 1.51. The van der Waals surface area contributed by atoms with Gasteiger partial charge in [-0.2, -0.15) is 4.98 Å². The maximum Gasteiger partial charge on any atom is 0.407 e. The van der Waals surface area contributed by atoms with Gasteiger partial charge in [0.05, 0.1) is 12.7 Å². The number of ether oxygens (including phenoxy) is 1. The summed E-state index contributed by atoms with van der Waals surface area (Å²) in [5.41, 5.74) is 1.13. The molecule has 0 bridgehead atoms. The van der Waals surface area contributed by atoms with E-state index in [1.165, 1.54) is 4.90 Å². The number of piperidine rings is 1. The lowest BCUT2D eigenvalue weighted by atomic mass is 10.1. The van der Waals surface area contributed by atoms with Crippen LogP contribution in [-0.2, 0) is 11.3 Å². The van der Waals surface area contributed by atoms with E-state index < -0.39 is 6.09 Å². The van der Waals surface area contributed by atoms with Gasteiger partial charge in [0, 0.05) is 30.3 Å². The number of carbonyl (C=O) groups is 2. The topological polar surface area (TPSA) is 138 Å². The summed E-state index contributed by atoms with van der Waals surface area (Å²) in [6, 6.07) is 6.38. The molecule has 2 aromatic rings. The number of hydrogen-bond donors (Lipinski definition) is 3. The van der Waals surface area contributed by atoms with Crippen molar-refractivity contribution in [3.63, 3.8) is 0 Å². The van der Waals surface area contributed by atoms with Crippen molar-refractivity contribution in [2.24, 2.45) is 0 Å². The third-order valence-electron chi connectivity index (χ3n) is 4.67. The molecule has 1 fully saturated rings. The monoisotopic (exact) mass is 404 g/mol. The molecule has 0 radical (unpaired) electrons. The number of nitrogens with zero attached hydrogens (tertiary/aromatic N) is 3. The van der Waals surface area contributed by atoms with Crippen molar-refractivity contribution in [3.05, 3.63) is 35.7 Å². The SMILES string of the molecule is C[C@@H](CO)NC(=O)c1ccc(-c2nc(COC3CCN(C(=O)O)CC3)no2)cc1. The Bertz CT molecular complexity index is 829. The summed E-state index contributed by atoms with van der Waals surface area (Å²) in [5, 5.41) is 24.5. The molecule has 1 aliphatic heterocycles. The Balaban J connectivity index is 1.52. The molecule has 0 aliphatic carbocycles. The third kappa shape index (κ3) is 5.52. The molecule has 1 aliphatic rings. The molecule has 1 atom stereocenters. The molecule has 1 aromatic carbocycles. The largest absolute Gasteiger partial charge is 0.465 e. The van der Waals surface area contributed by atoms with E-state index in [0.717, 1.165) is 0 Å². The first-order valence-electron chi connectivity index (χ1n) is 9.40. The van der Waals surface area contributed by atoms with Gasteiger partial charge in [-0.3, -0.25) is 4.79 Å². The zero-order valence-electron chi connectivity index (χ0n) is 16.1. The Kier molecular flexibility index (Phi) is 6.78. The van der Waals surface area contributed by atoms with E-state index in [1.807, 2.05) is 0 Å². The Morgan fingerprint density at radius 3 is 2.62 bits per heavy atom.